The van der Waals surface area contributed by atoms with Crippen molar-refractivity contribution in [2.24, 2.45) is 0 Å². The number of hydrogen-bond donors (Lipinski definition) is 1. The van der Waals surface area contributed by atoms with Crippen LogP contribution in [0.3, 0.4) is 0 Å². The summed E-state index contributed by atoms with van der Waals surface area (Å²) in [5.74, 6) is -0.442. The first kappa shape index (κ1) is 19.1. The summed E-state index contributed by atoms with van der Waals surface area (Å²) in [7, 11) is -3.45. The monoisotopic (exact) mass is 386 g/mol. The minimum atomic E-state index is -3.45. The minimum absolute atomic E-state index is 0.0767. The Kier molecular flexibility index (Phi) is 5.60. The molecule has 0 saturated carbocycles. The molecular weight excluding hydrogens is 364 g/mol. The van der Waals surface area contributed by atoms with Crippen LogP contribution >= 0.6 is 0 Å². The highest BCUT2D eigenvalue weighted by Crippen LogP contribution is 2.24. The fraction of sp³-hybridized carbons (Fsp3) is 0.300. The van der Waals surface area contributed by atoms with Gasteiger partial charge in [-0.2, -0.15) is 0 Å². The Labute approximate surface area is 159 Å². The number of nitrogens with zero attached hydrogens (tertiary/aromatic N) is 1. The van der Waals surface area contributed by atoms with Crippen molar-refractivity contribution in [1.29, 1.82) is 0 Å². The Morgan fingerprint density at radius 2 is 1.74 bits per heavy atom. The minimum Gasteiger partial charge on any atom is -0.335 e. The lowest BCUT2D eigenvalue weighted by atomic mass is 10.1. The van der Waals surface area contributed by atoms with E-state index in [9.17, 15) is 18.0 Å². The molecule has 1 aliphatic heterocycles. The van der Waals surface area contributed by atoms with E-state index in [0.29, 0.717) is 24.2 Å². The summed E-state index contributed by atoms with van der Waals surface area (Å²) in [6.45, 7) is 1.96. The highest BCUT2D eigenvalue weighted by atomic mass is 32.2. The number of carbonyl (C=O) groups is 2. The Morgan fingerprint density at radius 1 is 1.07 bits per heavy atom. The average molecular weight is 386 g/mol. The third-order valence-electron chi connectivity index (χ3n) is 4.60. The number of carbonyl (C=O) groups excluding carboxylic acids is 2. The molecule has 2 amide bonds. The van der Waals surface area contributed by atoms with Crippen LogP contribution in [0, 0.1) is 0 Å². The van der Waals surface area contributed by atoms with E-state index in [2.05, 4.69) is 5.32 Å². The standard InChI is InChI=1S/C20H22N2O4S/c1-15(23)21-17-11-9-16(10-12-17)20(24)22-13-5-6-18(22)14-27(25,26)19-7-3-2-4-8-19/h2-4,7-12,18H,5-6,13-14H2,1H3,(H,21,23). The number of nitrogens with one attached hydrogen (secondary N) is 1. The number of likely N-dealkylation sites (tertiary alicyclic amines) is 1. The van der Waals surface area contributed by atoms with Gasteiger partial charge in [0.2, 0.25) is 5.91 Å². The molecule has 1 heterocycles. The molecule has 0 bridgehead atoms. The lowest BCUT2D eigenvalue weighted by Crippen LogP contribution is -2.39. The fourth-order valence-electron chi connectivity index (χ4n) is 3.32. The van der Waals surface area contributed by atoms with Crippen LogP contribution in [0.2, 0.25) is 0 Å². The fourth-order valence-corrected chi connectivity index (χ4v) is 4.94. The molecule has 2 aromatic rings. The Hall–Kier alpha value is -2.67. The average Bonchev–Trinajstić information content (AvgIpc) is 3.09. The van der Waals surface area contributed by atoms with Crippen LogP contribution in [0.1, 0.15) is 30.1 Å². The molecule has 1 unspecified atom stereocenters. The molecule has 0 spiro atoms. The lowest BCUT2D eigenvalue weighted by molar-refractivity contribution is -0.114. The largest absolute Gasteiger partial charge is 0.335 e. The van der Waals surface area contributed by atoms with Gasteiger partial charge in [0.1, 0.15) is 0 Å². The van der Waals surface area contributed by atoms with Crippen molar-refractivity contribution in [2.75, 3.05) is 17.6 Å². The van der Waals surface area contributed by atoms with E-state index in [0.717, 1.165) is 6.42 Å². The van der Waals surface area contributed by atoms with E-state index in [-0.39, 0.29) is 28.5 Å². The number of sulfone groups is 1. The summed E-state index contributed by atoms with van der Waals surface area (Å²) in [5, 5.41) is 2.66. The number of hydrogen-bond acceptors (Lipinski definition) is 4. The number of amides is 2. The van der Waals surface area contributed by atoms with E-state index in [4.69, 9.17) is 0 Å². The van der Waals surface area contributed by atoms with Gasteiger partial charge in [0.25, 0.3) is 5.91 Å². The van der Waals surface area contributed by atoms with Gasteiger partial charge in [-0.25, -0.2) is 8.42 Å². The van der Waals surface area contributed by atoms with Crippen molar-refractivity contribution < 1.29 is 18.0 Å². The van der Waals surface area contributed by atoms with E-state index in [1.54, 1.807) is 59.5 Å². The Bertz CT molecular complexity index is 924. The first-order valence-electron chi connectivity index (χ1n) is 8.83. The molecule has 7 heteroatoms. The van der Waals surface area contributed by atoms with E-state index < -0.39 is 9.84 Å². The maximum absolute atomic E-state index is 12.9. The zero-order valence-corrected chi connectivity index (χ0v) is 15.9. The normalized spacial score (nSPS) is 16.9. The summed E-state index contributed by atoms with van der Waals surface area (Å²) in [6, 6.07) is 14.6. The van der Waals surface area contributed by atoms with Crippen LogP contribution in [0.4, 0.5) is 5.69 Å². The van der Waals surface area contributed by atoms with Crippen LogP contribution in [-0.2, 0) is 14.6 Å². The van der Waals surface area contributed by atoms with Crippen LogP contribution in [0.15, 0.2) is 59.5 Å². The van der Waals surface area contributed by atoms with Crippen molar-refractivity contribution >= 4 is 27.3 Å². The lowest BCUT2D eigenvalue weighted by Gasteiger charge is -2.25. The van der Waals surface area contributed by atoms with E-state index in [1.165, 1.54) is 6.92 Å². The van der Waals surface area contributed by atoms with Crippen LogP contribution in [0.25, 0.3) is 0 Å². The van der Waals surface area contributed by atoms with Gasteiger partial charge in [-0.05, 0) is 49.2 Å². The second-order valence-corrected chi connectivity index (χ2v) is 8.68. The maximum Gasteiger partial charge on any atom is 0.254 e. The predicted molar refractivity (Wildman–Crippen MR) is 103 cm³/mol. The smallest absolute Gasteiger partial charge is 0.254 e. The maximum atomic E-state index is 12.9. The Balaban J connectivity index is 1.74. The molecular formula is C20H22N2O4S. The molecule has 1 fully saturated rings. The second-order valence-electron chi connectivity index (χ2n) is 6.65. The first-order valence-corrected chi connectivity index (χ1v) is 10.5. The zero-order valence-electron chi connectivity index (χ0n) is 15.1. The molecule has 2 aromatic carbocycles. The van der Waals surface area contributed by atoms with Crippen LogP contribution in [-0.4, -0.2) is 43.5 Å². The van der Waals surface area contributed by atoms with Gasteiger partial charge in [0.05, 0.1) is 10.6 Å². The molecule has 27 heavy (non-hydrogen) atoms. The number of benzene rings is 2. The predicted octanol–water partition coefficient (Wildman–Crippen LogP) is 2.72. The van der Waals surface area contributed by atoms with Crippen molar-refractivity contribution in [3.05, 3.63) is 60.2 Å². The summed E-state index contributed by atoms with van der Waals surface area (Å²) >= 11 is 0. The van der Waals surface area contributed by atoms with Crippen molar-refractivity contribution in [3.63, 3.8) is 0 Å². The number of rotatable bonds is 5. The molecule has 142 valence electrons. The molecule has 0 aromatic heterocycles. The van der Waals surface area contributed by atoms with Crippen molar-refractivity contribution in [3.8, 4) is 0 Å². The molecule has 1 saturated heterocycles. The quantitative estimate of drug-likeness (QED) is 0.856. The van der Waals surface area contributed by atoms with E-state index >= 15 is 0 Å². The molecule has 6 nitrogen and oxygen atoms in total. The third-order valence-corrected chi connectivity index (χ3v) is 6.42. The molecule has 1 atom stereocenters. The summed E-state index contributed by atoms with van der Waals surface area (Å²) in [5.41, 5.74) is 1.09. The molecule has 0 radical (unpaired) electrons. The molecule has 1 aliphatic rings. The number of anilines is 1. The van der Waals surface area contributed by atoms with E-state index in [1.807, 2.05) is 0 Å². The molecule has 0 aliphatic carbocycles. The van der Waals surface area contributed by atoms with Gasteiger partial charge >= 0.3 is 0 Å². The second kappa shape index (κ2) is 7.92. The Morgan fingerprint density at radius 3 is 2.37 bits per heavy atom. The van der Waals surface area contributed by atoms with Gasteiger partial charge in [-0.1, -0.05) is 18.2 Å². The summed E-state index contributed by atoms with van der Waals surface area (Å²) in [4.78, 5) is 25.9. The third kappa shape index (κ3) is 4.54. The zero-order chi connectivity index (χ0) is 19.4. The van der Waals surface area contributed by atoms with Crippen LogP contribution in [0.5, 0.6) is 0 Å². The van der Waals surface area contributed by atoms with Crippen LogP contribution < -0.4 is 5.32 Å². The van der Waals surface area contributed by atoms with Gasteiger partial charge in [0, 0.05) is 30.8 Å². The topological polar surface area (TPSA) is 83.6 Å². The van der Waals surface area contributed by atoms with Gasteiger partial charge in [0.15, 0.2) is 9.84 Å². The summed E-state index contributed by atoms with van der Waals surface area (Å²) in [6.07, 6.45) is 1.45. The molecule has 3 rings (SSSR count). The van der Waals surface area contributed by atoms with Gasteiger partial charge < -0.3 is 10.2 Å². The summed E-state index contributed by atoms with van der Waals surface area (Å²) < 4.78 is 25.3. The van der Waals surface area contributed by atoms with Gasteiger partial charge in [-0.15, -0.1) is 0 Å². The SMILES string of the molecule is CC(=O)Nc1ccc(C(=O)N2CCCC2CS(=O)(=O)c2ccccc2)cc1. The molecule has 1 N–H and O–H groups in total. The van der Waals surface area contributed by atoms with Gasteiger partial charge in [-0.3, -0.25) is 9.59 Å². The highest BCUT2D eigenvalue weighted by Gasteiger charge is 2.33. The highest BCUT2D eigenvalue weighted by molar-refractivity contribution is 7.91. The first-order chi connectivity index (χ1) is 12.9. The van der Waals surface area contributed by atoms with Crippen molar-refractivity contribution in [2.45, 2.75) is 30.7 Å². The van der Waals surface area contributed by atoms with Crippen molar-refractivity contribution in [1.82, 2.24) is 4.90 Å².